The first-order valence-electron chi connectivity index (χ1n) is 6.93. The van der Waals surface area contributed by atoms with Gasteiger partial charge in [0, 0.05) is 48.9 Å². The SMILES string of the molecule is CC(C)(C)NCc1cnc(N2CCCSCC2)nc1. The molecule has 1 saturated heterocycles. The average Bonchev–Trinajstić information content (AvgIpc) is 2.65. The van der Waals surface area contributed by atoms with Crippen LogP contribution in [0.4, 0.5) is 5.95 Å². The maximum Gasteiger partial charge on any atom is 0.225 e. The molecule has 19 heavy (non-hydrogen) atoms. The lowest BCUT2D eigenvalue weighted by atomic mass is 10.1. The van der Waals surface area contributed by atoms with Gasteiger partial charge in [-0.15, -0.1) is 0 Å². The highest BCUT2D eigenvalue weighted by molar-refractivity contribution is 7.99. The molecule has 1 N–H and O–H groups in total. The fraction of sp³-hybridized carbons (Fsp3) is 0.714. The highest BCUT2D eigenvalue weighted by Gasteiger charge is 2.13. The van der Waals surface area contributed by atoms with Crippen LogP contribution in [0.15, 0.2) is 12.4 Å². The topological polar surface area (TPSA) is 41.1 Å². The van der Waals surface area contributed by atoms with Gasteiger partial charge in [-0.05, 0) is 32.9 Å². The number of rotatable bonds is 3. The Morgan fingerprint density at radius 3 is 2.63 bits per heavy atom. The molecule has 1 aliphatic rings. The Labute approximate surface area is 120 Å². The first-order chi connectivity index (χ1) is 9.04. The summed E-state index contributed by atoms with van der Waals surface area (Å²) >= 11 is 2.02. The molecule has 1 aromatic rings. The van der Waals surface area contributed by atoms with Crippen LogP contribution in [0.2, 0.25) is 0 Å². The third-order valence-corrected chi connectivity index (χ3v) is 4.07. The van der Waals surface area contributed by atoms with Gasteiger partial charge in [-0.2, -0.15) is 11.8 Å². The van der Waals surface area contributed by atoms with E-state index in [4.69, 9.17) is 0 Å². The Morgan fingerprint density at radius 1 is 1.21 bits per heavy atom. The minimum atomic E-state index is 0.126. The normalized spacial score (nSPS) is 17.3. The number of aromatic nitrogens is 2. The Kier molecular flexibility index (Phi) is 5.05. The number of nitrogens with one attached hydrogen (secondary N) is 1. The molecule has 0 aromatic carbocycles. The molecule has 5 heteroatoms. The van der Waals surface area contributed by atoms with Crippen LogP contribution in [0.1, 0.15) is 32.8 Å². The van der Waals surface area contributed by atoms with Crippen LogP contribution in [0.25, 0.3) is 0 Å². The Hall–Kier alpha value is -0.810. The third-order valence-electron chi connectivity index (χ3n) is 3.02. The van der Waals surface area contributed by atoms with E-state index in [1.165, 1.54) is 17.9 Å². The zero-order valence-corrected chi connectivity index (χ0v) is 13.0. The summed E-state index contributed by atoms with van der Waals surface area (Å²) in [5.41, 5.74) is 1.27. The molecule has 0 atom stereocenters. The second kappa shape index (κ2) is 6.57. The van der Waals surface area contributed by atoms with E-state index >= 15 is 0 Å². The fourth-order valence-corrected chi connectivity index (χ4v) is 2.80. The van der Waals surface area contributed by atoms with E-state index in [0.717, 1.165) is 31.1 Å². The van der Waals surface area contributed by atoms with E-state index in [1.807, 2.05) is 24.2 Å². The molecule has 2 heterocycles. The van der Waals surface area contributed by atoms with Crippen molar-refractivity contribution in [2.45, 2.75) is 39.3 Å². The van der Waals surface area contributed by atoms with Crippen molar-refractivity contribution in [1.82, 2.24) is 15.3 Å². The zero-order valence-electron chi connectivity index (χ0n) is 12.1. The summed E-state index contributed by atoms with van der Waals surface area (Å²) in [4.78, 5) is 11.3. The second-order valence-electron chi connectivity index (χ2n) is 5.95. The summed E-state index contributed by atoms with van der Waals surface area (Å²) < 4.78 is 0. The van der Waals surface area contributed by atoms with Gasteiger partial charge in [0.2, 0.25) is 5.95 Å². The van der Waals surface area contributed by atoms with Gasteiger partial charge in [-0.1, -0.05) is 0 Å². The molecule has 1 aliphatic heterocycles. The lowest BCUT2D eigenvalue weighted by Gasteiger charge is -2.21. The predicted molar refractivity (Wildman–Crippen MR) is 82.8 cm³/mol. The van der Waals surface area contributed by atoms with Gasteiger partial charge in [0.1, 0.15) is 0 Å². The van der Waals surface area contributed by atoms with E-state index in [9.17, 15) is 0 Å². The van der Waals surface area contributed by atoms with Crippen molar-refractivity contribution in [1.29, 1.82) is 0 Å². The van der Waals surface area contributed by atoms with Crippen LogP contribution < -0.4 is 10.2 Å². The molecule has 0 unspecified atom stereocenters. The lowest BCUT2D eigenvalue weighted by molar-refractivity contribution is 0.423. The van der Waals surface area contributed by atoms with Crippen LogP contribution in [-0.2, 0) is 6.54 Å². The van der Waals surface area contributed by atoms with Crippen LogP contribution >= 0.6 is 11.8 Å². The fourth-order valence-electron chi connectivity index (χ4n) is 1.92. The van der Waals surface area contributed by atoms with E-state index < -0.39 is 0 Å². The minimum Gasteiger partial charge on any atom is -0.340 e. The molecular weight excluding hydrogens is 256 g/mol. The van der Waals surface area contributed by atoms with Gasteiger partial charge in [0.15, 0.2) is 0 Å². The standard InChI is InChI=1S/C14H24N4S/c1-14(2,3)17-11-12-9-15-13(16-10-12)18-5-4-7-19-8-6-18/h9-10,17H,4-8,11H2,1-3H3. The van der Waals surface area contributed by atoms with Crippen molar-refractivity contribution < 1.29 is 0 Å². The smallest absolute Gasteiger partial charge is 0.225 e. The van der Waals surface area contributed by atoms with Crippen LogP contribution in [-0.4, -0.2) is 40.1 Å². The molecule has 0 bridgehead atoms. The van der Waals surface area contributed by atoms with E-state index in [2.05, 4.69) is 41.0 Å². The number of hydrogen-bond acceptors (Lipinski definition) is 5. The molecule has 0 spiro atoms. The number of hydrogen-bond donors (Lipinski definition) is 1. The number of thioether (sulfide) groups is 1. The van der Waals surface area contributed by atoms with Crippen LogP contribution in [0, 0.1) is 0 Å². The number of nitrogens with zero attached hydrogens (tertiary/aromatic N) is 3. The van der Waals surface area contributed by atoms with Gasteiger partial charge in [0.05, 0.1) is 0 Å². The second-order valence-corrected chi connectivity index (χ2v) is 7.17. The summed E-state index contributed by atoms with van der Waals surface area (Å²) in [7, 11) is 0. The molecular formula is C14H24N4S. The van der Waals surface area contributed by atoms with E-state index in [0.29, 0.717) is 0 Å². The molecule has 1 fully saturated rings. The quantitative estimate of drug-likeness (QED) is 0.920. The number of anilines is 1. The zero-order chi connectivity index (χ0) is 13.7. The molecule has 0 aliphatic carbocycles. The van der Waals surface area contributed by atoms with Crippen molar-refractivity contribution in [2.24, 2.45) is 0 Å². The monoisotopic (exact) mass is 280 g/mol. The van der Waals surface area contributed by atoms with Gasteiger partial charge in [-0.3, -0.25) is 0 Å². The van der Waals surface area contributed by atoms with Crippen LogP contribution in [0.3, 0.4) is 0 Å². The van der Waals surface area contributed by atoms with Gasteiger partial charge < -0.3 is 10.2 Å². The Balaban J connectivity index is 1.93. The third kappa shape index (κ3) is 4.99. The van der Waals surface area contributed by atoms with E-state index in [-0.39, 0.29) is 5.54 Å². The van der Waals surface area contributed by atoms with Crippen molar-refractivity contribution in [3.63, 3.8) is 0 Å². The maximum atomic E-state index is 4.51. The molecule has 2 rings (SSSR count). The first-order valence-corrected chi connectivity index (χ1v) is 8.09. The molecule has 1 aromatic heterocycles. The molecule has 0 radical (unpaired) electrons. The Bertz CT molecular complexity index is 377. The van der Waals surface area contributed by atoms with Gasteiger partial charge in [-0.25, -0.2) is 9.97 Å². The maximum absolute atomic E-state index is 4.51. The van der Waals surface area contributed by atoms with Crippen LogP contribution in [0.5, 0.6) is 0 Å². The molecule has 0 amide bonds. The Morgan fingerprint density at radius 2 is 1.95 bits per heavy atom. The van der Waals surface area contributed by atoms with Crippen molar-refractivity contribution in [3.8, 4) is 0 Å². The summed E-state index contributed by atoms with van der Waals surface area (Å²) in [6.45, 7) is 9.45. The summed E-state index contributed by atoms with van der Waals surface area (Å²) in [6.07, 6.45) is 5.11. The first kappa shape index (κ1) is 14.6. The molecule has 4 nitrogen and oxygen atoms in total. The van der Waals surface area contributed by atoms with Gasteiger partial charge in [0.25, 0.3) is 0 Å². The average molecular weight is 280 g/mol. The van der Waals surface area contributed by atoms with Crippen molar-refractivity contribution >= 4 is 17.7 Å². The summed E-state index contributed by atoms with van der Waals surface area (Å²) in [5, 5.41) is 3.45. The largest absolute Gasteiger partial charge is 0.340 e. The lowest BCUT2D eigenvalue weighted by Crippen LogP contribution is -2.35. The minimum absolute atomic E-state index is 0.126. The highest BCUT2D eigenvalue weighted by Crippen LogP contribution is 2.15. The molecule has 0 saturated carbocycles. The van der Waals surface area contributed by atoms with E-state index in [1.54, 1.807) is 0 Å². The summed E-state index contributed by atoms with van der Waals surface area (Å²) in [6, 6.07) is 0. The van der Waals surface area contributed by atoms with Gasteiger partial charge >= 0.3 is 0 Å². The predicted octanol–water partition coefficient (Wildman–Crippen LogP) is 2.31. The summed E-state index contributed by atoms with van der Waals surface area (Å²) in [5.74, 6) is 3.31. The molecule has 106 valence electrons. The highest BCUT2D eigenvalue weighted by atomic mass is 32.2. The van der Waals surface area contributed by atoms with Crippen molar-refractivity contribution in [3.05, 3.63) is 18.0 Å². The van der Waals surface area contributed by atoms with Crippen molar-refractivity contribution in [2.75, 3.05) is 29.5 Å².